The number of carbonyl (C=O) groups excluding carboxylic acids is 1. The summed E-state index contributed by atoms with van der Waals surface area (Å²) < 4.78 is 16.9. The van der Waals surface area contributed by atoms with E-state index in [-0.39, 0.29) is 48.1 Å². The monoisotopic (exact) mass is 463 g/mol. The number of carbonyl (C=O) groups is 1. The lowest BCUT2D eigenvalue weighted by molar-refractivity contribution is -0.385. The van der Waals surface area contributed by atoms with E-state index in [0.717, 1.165) is 25.7 Å². The first-order chi connectivity index (χ1) is 15.9. The van der Waals surface area contributed by atoms with Crippen LogP contribution in [-0.4, -0.2) is 64.0 Å². The van der Waals surface area contributed by atoms with Crippen LogP contribution in [0.15, 0.2) is 12.1 Å². The number of rotatable bonds is 10. The highest BCUT2D eigenvalue weighted by Crippen LogP contribution is 2.39. The number of hydrogen-bond acceptors (Lipinski definition) is 11. The maximum absolute atomic E-state index is 12.1. The topological polar surface area (TPSA) is 170 Å². The van der Waals surface area contributed by atoms with Crippen LogP contribution in [0, 0.1) is 10.1 Å². The van der Waals surface area contributed by atoms with E-state index in [0.29, 0.717) is 5.75 Å². The summed E-state index contributed by atoms with van der Waals surface area (Å²) >= 11 is 0. The first-order valence-electron chi connectivity index (χ1n) is 10.7. The molecule has 2 aromatic rings. The van der Waals surface area contributed by atoms with Crippen molar-refractivity contribution in [1.82, 2.24) is 25.5 Å². The molecule has 1 heterocycles. The molecule has 3 atom stereocenters. The van der Waals surface area contributed by atoms with Crippen LogP contribution in [0.1, 0.15) is 50.0 Å². The van der Waals surface area contributed by atoms with E-state index in [4.69, 9.17) is 19.9 Å². The number of methoxy groups -OCH3 is 2. The van der Waals surface area contributed by atoms with E-state index >= 15 is 0 Å². The Bertz CT molecular complexity index is 982. The molecule has 3 N–H and O–H groups in total. The second-order valence-corrected chi connectivity index (χ2v) is 7.68. The van der Waals surface area contributed by atoms with Gasteiger partial charge in [-0.15, -0.1) is 5.10 Å². The van der Waals surface area contributed by atoms with E-state index in [2.05, 4.69) is 20.8 Å². The Balaban J connectivity index is 2.12. The fourth-order valence-corrected chi connectivity index (χ4v) is 4.02. The third-order valence-electron chi connectivity index (χ3n) is 5.64. The van der Waals surface area contributed by atoms with E-state index in [1.807, 2.05) is 0 Å². The smallest absolute Gasteiger partial charge is 0.327 e. The summed E-state index contributed by atoms with van der Waals surface area (Å²) in [5.41, 5.74) is 6.39. The van der Waals surface area contributed by atoms with E-state index in [9.17, 15) is 14.9 Å². The normalized spacial score (nSPS) is 19.0. The molecule has 0 spiro atoms. The molecule has 0 radical (unpaired) electrons. The highest BCUT2D eigenvalue weighted by atomic mass is 16.6. The second-order valence-electron chi connectivity index (χ2n) is 7.68. The van der Waals surface area contributed by atoms with Crippen LogP contribution in [0.3, 0.4) is 0 Å². The predicted molar refractivity (Wildman–Crippen MR) is 116 cm³/mol. The minimum absolute atomic E-state index is 0.135. The summed E-state index contributed by atoms with van der Waals surface area (Å²) in [7, 11) is 2.84. The first-order valence-corrected chi connectivity index (χ1v) is 10.7. The number of aromatic nitrogens is 4. The van der Waals surface area contributed by atoms with Gasteiger partial charge in [0.2, 0.25) is 0 Å². The van der Waals surface area contributed by atoms with Crippen LogP contribution in [0.25, 0.3) is 0 Å². The van der Waals surface area contributed by atoms with Gasteiger partial charge in [-0.2, -0.15) is 0 Å². The Hall–Kier alpha value is -3.32. The van der Waals surface area contributed by atoms with Crippen LogP contribution in [0.2, 0.25) is 0 Å². The van der Waals surface area contributed by atoms with Crippen molar-refractivity contribution >= 4 is 11.7 Å². The summed E-state index contributed by atoms with van der Waals surface area (Å²) in [6.45, 7) is 1.66. The summed E-state index contributed by atoms with van der Waals surface area (Å²) in [6.07, 6.45) is 3.60. The summed E-state index contributed by atoms with van der Waals surface area (Å²) in [5.74, 6) is 0.214. The Morgan fingerprint density at radius 3 is 2.64 bits per heavy atom. The number of benzene rings is 1. The number of ether oxygens (including phenoxy) is 3. The van der Waals surface area contributed by atoms with Crippen LogP contribution in [-0.2, 0) is 16.1 Å². The Kier molecular flexibility index (Phi) is 8.11. The van der Waals surface area contributed by atoms with Gasteiger partial charge in [0.25, 0.3) is 5.69 Å². The van der Waals surface area contributed by atoms with Gasteiger partial charge < -0.3 is 19.9 Å². The van der Waals surface area contributed by atoms with E-state index in [1.54, 1.807) is 6.92 Å². The van der Waals surface area contributed by atoms with Crippen LogP contribution in [0.4, 0.5) is 5.69 Å². The van der Waals surface area contributed by atoms with Crippen molar-refractivity contribution < 1.29 is 23.9 Å². The minimum Gasteiger partial charge on any atom is -0.493 e. The van der Waals surface area contributed by atoms with Gasteiger partial charge in [0.1, 0.15) is 12.6 Å². The van der Waals surface area contributed by atoms with Crippen molar-refractivity contribution in [1.29, 1.82) is 0 Å². The highest BCUT2D eigenvalue weighted by molar-refractivity contribution is 5.69. The molecule has 3 rings (SSSR count). The van der Waals surface area contributed by atoms with Gasteiger partial charge in [0.05, 0.1) is 37.4 Å². The fraction of sp³-hybridized carbons (Fsp3) is 0.600. The Morgan fingerprint density at radius 1 is 1.30 bits per heavy atom. The standard InChI is InChI=1S/C20H29N7O6/c1-4-33-18(28)11-26-20(23-24-25-26)19(22-14-8-6-5-7-13(14)21)12-9-16(31-2)17(32-3)10-15(12)27(29)30/h9-10,13-14,19,22H,4-8,11,21H2,1-3H3. The average Bonchev–Trinajstić information content (AvgIpc) is 3.25. The molecular weight excluding hydrogens is 434 g/mol. The van der Waals surface area contributed by atoms with Gasteiger partial charge in [-0.05, 0) is 36.3 Å². The van der Waals surface area contributed by atoms with Gasteiger partial charge in [-0.1, -0.05) is 12.8 Å². The van der Waals surface area contributed by atoms with Gasteiger partial charge in [-0.3, -0.25) is 20.2 Å². The third kappa shape index (κ3) is 5.54. The molecular formula is C20H29N7O6. The molecule has 1 aliphatic carbocycles. The van der Waals surface area contributed by atoms with E-state index < -0.39 is 16.9 Å². The number of nitrogens with one attached hydrogen (secondary N) is 1. The quantitative estimate of drug-likeness (QED) is 0.294. The molecule has 1 aromatic heterocycles. The van der Waals surface area contributed by atoms with Gasteiger partial charge in [0, 0.05) is 12.1 Å². The molecule has 33 heavy (non-hydrogen) atoms. The van der Waals surface area contributed by atoms with Crippen LogP contribution >= 0.6 is 0 Å². The lowest BCUT2D eigenvalue weighted by Gasteiger charge is -2.32. The minimum atomic E-state index is -0.844. The van der Waals surface area contributed by atoms with Gasteiger partial charge in [-0.25, -0.2) is 4.68 Å². The summed E-state index contributed by atoms with van der Waals surface area (Å²) in [6, 6.07) is 1.69. The molecule has 13 heteroatoms. The van der Waals surface area contributed by atoms with Gasteiger partial charge in [0.15, 0.2) is 17.3 Å². The van der Waals surface area contributed by atoms with Crippen molar-refractivity contribution in [3.63, 3.8) is 0 Å². The molecule has 0 bridgehead atoms. The Labute approximate surface area is 190 Å². The highest BCUT2D eigenvalue weighted by Gasteiger charge is 2.34. The maximum Gasteiger partial charge on any atom is 0.327 e. The molecule has 180 valence electrons. The van der Waals surface area contributed by atoms with Gasteiger partial charge >= 0.3 is 5.97 Å². The number of hydrogen-bond donors (Lipinski definition) is 2. The molecule has 0 saturated heterocycles. The molecule has 0 amide bonds. The zero-order valence-electron chi connectivity index (χ0n) is 18.9. The first kappa shape index (κ1) is 24.3. The van der Waals surface area contributed by atoms with Crippen molar-refractivity contribution in [3.8, 4) is 11.5 Å². The number of tetrazole rings is 1. The lowest BCUT2D eigenvalue weighted by atomic mass is 9.89. The molecule has 13 nitrogen and oxygen atoms in total. The molecule has 1 aliphatic rings. The number of nitrogens with two attached hydrogens (primary N) is 1. The van der Waals surface area contributed by atoms with Crippen LogP contribution in [0.5, 0.6) is 11.5 Å². The summed E-state index contributed by atoms with van der Waals surface area (Å²) in [4.78, 5) is 23.6. The second kappa shape index (κ2) is 11.0. The summed E-state index contributed by atoms with van der Waals surface area (Å²) in [5, 5.41) is 27.1. The zero-order chi connectivity index (χ0) is 24.0. The zero-order valence-corrected chi connectivity index (χ0v) is 18.9. The maximum atomic E-state index is 12.1. The molecule has 1 saturated carbocycles. The van der Waals surface area contributed by atoms with Crippen molar-refractivity contribution in [3.05, 3.63) is 33.6 Å². The SMILES string of the molecule is CCOC(=O)Cn1nnnc1C(NC1CCCCC1N)c1cc(OC)c(OC)cc1[N+](=O)[O-]. The van der Waals surface area contributed by atoms with Crippen LogP contribution < -0.4 is 20.5 Å². The average molecular weight is 463 g/mol. The lowest BCUT2D eigenvalue weighted by Crippen LogP contribution is -2.49. The number of nitro benzene ring substituents is 1. The van der Waals surface area contributed by atoms with Crippen molar-refractivity contribution in [2.45, 2.75) is 57.3 Å². The molecule has 1 fully saturated rings. The Morgan fingerprint density at radius 2 is 2.00 bits per heavy atom. The molecule has 1 aromatic carbocycles. The number of esters is 1. The van der Waals surface area contributed by atoms with Crippen molar-refractivity contribution in [2.24, 2.45) is 5.73 Å². The van der Waals surface area contributed by atoms with Crippen molar-refractivity contribution in [2.75, 3.05) is 20.8 Å². The molecule has 0 aliphatic heterocycles. The molecule has 3 unspecified atom stereocenters. The number of nitro groups is 1. The van der Waals surface area contributed by atoms with E-state index in [1.165, 1.54) is 31.0 Å². The third-order valence-corrected chi connectivity index (χ3v) is 5.64. The largest absolute Gasteiger partial charge is 0.493 e. The predicted octanol–water partition coefficient (Wildman–Crippen LogP) is 1.11. The fourth-order valence-electron chi connectivity index (χ4n) is 4.02. The number of nitrogens with zero attached hydrogens (tertiary/aromatic N) is 5.